The van der Waals surface area contributed by atoms with E-state index in [1.807, 2.05) is 0 Å². The molecule has 0 fully saturated rings. The van der Waals surface area contributed by atoms with E-state index in [1.165, 1.54) is 108 Å². The SMILES string of the molecule is Cc1cc2ccc3cc(-c4ccc(N(c5ccc(-c6cc7ccc8cc([Si](C)(C)C)cc9ccc(c6)c7c89)cc5)c5ccc6ccccc6c5)cc4)cc4ccc(c1)c2c34. The van der Waals surface area contributed by atoms with E-state index in [0.717, 1.165) is 17.1 Å². The maximum absolute atomic E-state index is 2.45. The standard InChI is InChI=1S/C58H43NSi/c1-36-27-41-9-11-43-29-49(30-44-12-10-42(28-36)55(41)56(43)44)38-17-22-51(23-18-38)59(53-26-21-37-7-5-6-8-40(37)33-53)52-24-19-39(20-25-52)50-31-45-13-15-47-34-54(60(2,3)4)35-48-16-14-46(32-50)57(45)58(47)48/h5-35H,1-4H3. The van der Waals surface area contributed by atoms with Gasteiger partial charge in [-0.05, 0) is 171 Å². The Bertz CT molecular complexity index is 3500. The van der Waals surface area contributed by atoms with Crippen LogP contribution in [0, 0.1) is 6.92 Å². The number of hydrogen-bond donors (Lipinski definition) is 0. The summed E-state index contributed by atoms with van der Waals surface area (Å²) in [5.74, 6) is 0. The van der Waals surface area contributed by atoms with Gasteiger partial charge in [0.2, 0.25) is 0 Å². The molecule has 12 rings (SSSR count). The van der Waals surface area contributed by atoms with E-state index in [1.54, 1.807) is 0 Å². The zero-order valence-electron chi connectivity index (χ0n) is 34.3. The van der Waals surface area contributed by atoms with Gasteiger partial charge in [0.05, 0.1) is 8.07 Å². The van der Waals surface area contributed by atoms with Crippen LogP contribution in [0.15, 0.2) is 188 Å². The third-order valence-electron chi connectivity index (χ3n) is 13.0. The number of aryl methyl sites for hydroxylation is 1. The molecule has 0 atom stereocenters. The fourth-order valence-electron chi connectivity index (χ4n) is 9.97. The van der Waals surface area contributed by atoms with Gasteiger partial charge in [-0.2, -0.15) is 0 Å². The second kappa shape index (κ2) is 13.0. The van der Waals surface area contributed by atoms with Crippen LogP contribution < -0.4 is 10.1 Å². The molecule has 0 aromatic heterocycles. The lowest BCUT2D eigenvalue weighted by Crippen LogP contribution is -2.37. The van der Waals surface area contributed by atoms with Gasteiger partial charge in [-0.25, -0.2) is 0 Å². The highest BCUT2D eigenvalue weighted by molar-refractivity contribution is 6.89. The number of hydrogen-bond acceptors (Lipinski definition) is 1. The van der Waals surface area contributed by atoms with Gasteiger partial charge in [0, 0.05) is 17.1 Å². The van der Waals surface area contributed by atoms with E-state index in [2.05, 4.69) is 220 Å². The van der Waals surface area contributed by atoms with Crippen molar-refractivity contribution in [1.29, 1.82) is 0 Å². The largest absolute Gasteiger partial charge is 0.310 e. The van der Waals surface area contributed by atoms with Gasteiger partial charge in [-0.3, -0.25) is 0 Å². The Labute approximate surface area is 351 Å². The van der Waals surface area contributed by atoms with Crippen molar-refractivity contribution < 1.29 is 0 Å². The van der Waals surface area contributed by atoms with Crippen LogP contribution in [0.4, 0.5) is 17.1 Å². The summed E-state index contributed by atoms with van der Waals surface area (Å²) in [4.78, 5) is 2.39. The summed E-state index contributed by atoms with van der Waals surface area (Å²) in [6.45, 7) is 9.49. The van der Waals surface area contributed by atoms with Crippen molar-refractivity contribution in [2.24, 2.45) is 0 Å². The Balaban J connectivity index is 0.929. The molecule has 12 aromatic carbocycles. The number of rotatable bonds is 6. The van der Waals surface area contributed by atoms with E-state index >= 15 is 0 Å². The lowest BCUT2D eigenvalue weighted by atomic mass is 9.90. The summed E-state index contributed by atoms with van der Waals surface area (Å²) in [6.07, 6.45) is 0. The fourth-order valence-corrected chi connectivity index (χ4v) is 11.1. The first kappa shape index (κ1) is 35.0. The average Bonchev–Trinajstić information content (AvgIpc) is 3.27. The van der Waals surface area contributed by atoms with E-state index in [9.17, 15) is 0 Å². The molecule has 0 radical (unpaired) electrons. The van der Waals surface area contributed by atoms with Gasteiger partial charge >= 0.3 is 0 Å². The normalized spacial score (nSPS) is 12.3. The van der Waals surface area contributed by atoms with Crippen LogP contribution in [0.1, 0.15) is 5.56 Å². The summed E-state index contributed by atoms with van der Waals surface area (Å²) in [5, 5.41) is 20.0. The van der Waals surface area contributed by atoms with E-state index in [4.69, 9.17) is 0 Å². The Morgan fingerprint density at radius 1 is 0.300 bits per heavy atom. The first-order chi connectivity index (χ1) is 29.2. The third-order valence-corrected chi connectivity index (χ3v) is 15.0. The molecule has 0 N–H and O–H groups in total. The van der Waals surface area contributed by atoms with Crippen LogP contribution >= 0.6 is 0 Å². The van der Waals surface area contributed by atoms with Gasteiger partial charge in [0.25, 0.3) is 0 Å². The quantitative estimate of drug-likeness (QED) is 0.120. The predicted molar refractivity (Wildman–Crippen MR) is 265 cm³/mol. The van der Waals surface area contributed by atoms with E-state index in [-0.39, 0.29) is 0 Å². The van der Waals surface area contributed by atoms with Crippen molar-refractivity contribution in [1.82, 2.24) is 0 Å². The molecule has 0 amide bonds. The van der Waals surface area contributed by atoms with E-state index in [0.29, 0.717) is 0 Å². The van der Waals surface area contributed by atoms with Crippen molar-refractivity contribution in [3.05, 3.63) is 194 Å². The highest BCUT2D eigenvalue weighted by Gasteiger charge is 2.20. The third kappa shape index (κ3) is 5.59. The molecule has 60 heavy (non-hydrogen) atoms. The Morgan fingerprint density at radius 2 is 0.650 bits per heavy atom. The molecule has 0 bridgehead atoms. The topological polar surface area (TPSA) is 3.24 Å². The molecule has 284 valence electrons. The summed E-state index contributed by atoms with van der Waals surface area (Å²) in [7, 11) is -1.44. The Morgan fingerprint density at radius 3 is 1.07 bits per heavy atom. The Kier molecular flexibility index (Phi) is 7.58. The van der Waals surface area contributed by atoms with Gasteiger partial charge in [0.1, 0.15) is 0 Å². The number of anilines is 3. The summed E-state index contributed by atoms with van der Waals surface area (Å²) < 4.78 is 0. The highest BCUT2D eigenvalue weighted by Crippen LogP contribution is 2.42. The van der Waals surface area contributed by atoms with Crippen molar-refractivity contribution in [3.63, 3.8) is 0 Å². The van der Waals surface area contributed by atoms with Crippen LogP contribution in [0.5, 0.6) is 0 Å². The molecule has 1 nitrogen and oxygen atoms in total. The van der Waals surface area contributed by atoms with Crippen LogP contribution in [-0.2, 0) is 0 Å². The second-order valence-electron chi connectivity index (χ2n) is 18.0. The molecular formula is C58H43NSi. The van der Waals surface area contributed by atoms with Gasteiger partial charge < -0.3 is 4.90 Å². The first-order valence-electron chi connectivity index (χ1n) is 21.1. The lowest BCUT2D eigenvalue weighted by molar-refractivity contribution is 1.29. The molecule has 0 aliphatic carbocycles. The molecule has 0 aliphatic rings. The summed E-state index contributed by atoms with van der Waals surface area (Å²) in [5.41, 5.74) is 9.56. The van der Waals surface area contributed by atoms with Crippen molar-refractivity contribution >= 4 is 106 Å². The van der Waals surface area contributed by atoms with Gasteiger partial charge in [-0.1, -0.05) is 152 Å². The molecule has 12 aromatic rings. The summed E-state index contributed by atoms with van der Waals surface area (Å²) >= 11 is 0. The van der Waals surface area contributed by atoms with Gasteiger partial charge in [-0.15, -0.1) is 0 Å². The fraction of sp³-hybridized carbons (Fsp3) is 0.0690. The zero-order chi connectivity index (χ0) is 40.3. The molecular weight excluding hydrogens is 739 g/mol. The monoisotopic (exact) mass is 781 g/mol. The number of benzene rings is 12. The second-order valence-corrected chi connectivity index (χ2v) is 23.0. The highest BCUT2D eigenvalue weighted by atomic mass is 28.3. The Hall–Kier alpha value is -7.00. The lowest BCUT2D eigenvalue weighted by Gasteiger charge is -2.26. The molecule has 0 unspecified atom stereocenters. The maximum Gasteiger partial charge on any atom is 0.0776 e. The number of fused-ring (bicyclic) bond motifs is 1. The molecule has 0 heterocycles. The van der Waals surface area contributed by atoms with Crippen molar-refractivity contribution in [2.75, 3.05) is 4.90 Å². The zero-order valence-corrected chi connectivity index (χ0v) is 35.3. The average molecular weight is 782 g/mol. The molecule has 0 saturated carbocycles. The van der Waals surface area contributed by atoms with Crippen molar-refractivity contribution in [2.45, 2.75) is 26.6 Å². The van der Waals surface area contributed by atoms with Crippen LogP contribution in [-0.4, -0.2) is 8.07 Å². The molecule has 0 spiro atoms. The molecule has 0 aliphatic heterocycles. The van der Waals surface area contributed by atoms with Crippen molar-refractivity contribution in [3.8, 4) is 22.3 Å². The van der Waals surface area contributed by atoms with Crippen LogP contribution in [0.2, 0.25) is 19.6 Å². The molecule has 2 heteroatoms. The van der Waals surface area contributed by atoms with E-state index < -0.39 is 8.07 Å². The number of nitrogens with zero attached hydrogens (tertiary/aromatic N) is 1. The minimum atomic E-state index is -1.44. The minimum Gasteiger partial charge on any atom is -0.310 e. The molecule has 0 saturated heterocycles. The van der Waals surface area contributed by atoms with Crippen LogP contribution in [0.3, 0.4) is 0 Å². The predicted octanol–water partition coefficient (Wildman–Crippen LogP) is 16.3. The first-order valence-corrected chi connectivity index (χ1v) is 24.6. The smallest absolute Gasteiger partial charge is 0.0776 e. The summed E-state index contributed by atoms with van der Waals surface area (Å²) in [6, 6.07) is 71.1. The van der Waals surface area contributed by atoms with Gasteiger partial charge in [0.15, 0.2) is 0 Å². The maximum atomic E-state index is 2.45. The van der Waals surface area contributed by atoms with Crippen LogP contribution in [0.25, 0.3) is 97.7 Å². The minimum absolute atomic E-state index is 1.12.